The van der Waals surface area contributed by atoms with Crippen molar-refractivity contribution in [3.63, 3.8) is 0 Å². The summed E-state index contributed by atoms with van der Waals surface area (Å²) in [6.45, 7) is 0. The highest BCUT2D eigenvalue weighted by molar-refractivity contribution is 6.29. The van der Waals surface area contributed by atoms with E-state index in [4.69, 9.17) is 11.6 Å². The molecule has 1 heterocycles. The first-order chi connectivity index (χ1) is 9.06. The number of carbonyl (C=O) groups is 1. The van der Waals surface area contributed by atoms with Crippen molar-refractivity contribution in [2.45, 2.75) is 0 Å². The largest absolute Gasteiger partial charge is 0.378 e. The minimum Gasteiger partial charge on any atom is -0.378 e. The van der Waals surface area contributed by atoms with Gasteiger partial charge in [0.2, 0.25) is 0 Å². The fraction of sp³-hybridized carbons (Fsp3) is 0.143. The normalized spacial score (nSPS) is 10.1. The van der Waals surface area contributed by atoms with Crippen LogP contribution in [0, 0.1) is 0 Å². The summed E-state index contributed by atoms with van der Waals surface area (Å²) in [5.74, 6) is -0.173. The standard InChI is InChI=1S/C14H14ClN3O/c1-18(2)12-5-3-4-10(8-12)14(19)17-11-6-7-13(15)16-9-11/h3-9H,1-2H3,(H,17,19). The van der Waals surface area contributed by atoms with E-state index >= 15 is 0 Å². The van der Waals surface area contributed by atoms with Crippen molar-refractivity contribution in [2.75, 3.05) is 24.3 Å². The molecule has 0 saturated carbocycles. The quantitative estimate of drug-likeness (QED) is 0.876. The summed E-state index contributed by atoms with van der Waals surface area (Å²) in [7, 11) is 3.86. The maximum Gasteiger partial charge on any atom is 0.255 e. The van der Waals surface area contributed by atoms with Gasteiger partial charge in [-0.05, 0) is 30.3 Å². The predicted molar refractivity (Wildman–Crippen MR) is 78.0 cm³/mol. The monoisotopic (exact) mass is 275 g/mol. The Bertz CT molecular complexity index is 581. The predicted octanol–water partition coefficient (Wildman–Crippen LogP) is 3.05. The average molecular weight is 276 g/mol. The molecule has 1 aromatic heterocycles. The fourth-order valence-corrected chi connectivity index (χ4v) is 1.69. The molecule has 98 valence electrons. The zero-order valence-electron chi connectivity index (χ0n) is 10.7. The number of benzene rings is 1. The number of pyridine rings is 1. The van der Waals surface area contributed by atoms with Crippen molar-refractivity contribution in [1.82, 2.24) is 4.98 Å². The Morgan fingerprint density at radius 1 is 1.26 bits per heavy atom. The number of nitrogens with zero attached hydrogens (tertiary/aromatic N) is 2. The van der Waals surface area contributed by atoms with Crippen molar-refractivity contribution < 1.29 is 4.79 Å². The number of aromatic nitrogens is 1. The number of rotatable bonds is 3. The van der Waals surface area contributed by atoms with Gasteiger partial charge in [-0.2, -0.15) is 0 Å². The van der Waals surface area contributed by atoms with E-state index in [2.05, 4.69) is 10.3 Å². The van der Waals surface area contributed by atoms with Crippen molar-refractivity contribution in [3.05, 3.63) is 53.3 Å². The highest BCUT2D eigenvalue weighted by Gasteiger charge is 2.07. The molecule has 0 fully saturated rings. The lowest BCUT2D eigenvalue weighted by atomic mass is 10.2. The molecule has 0 spiro atoms. The molecule has 1 N–H and O–H groups in total. The Labute approximate surface area is 117 Å². The summed E-state index contributed by atoms with van der Waals surface area (Å²) < 4.78 is 0. The average Bonchev–Trinajstić information content (AvgIpc) is 2.41. The molecule has 0 aliphatic rings. The van der Waals surface area contributed by atoms with E-state index in [9.17, 15) is 4.79 Å². The Morgan fingerprint density at radius 3 is 2.68 bits per heavy atom. The van der Waals surface area contributed by atoms with Crippen molar-refractivity contribution in [3.8, 4) is 0 Å². The molecule has 1 amide bonds. The van der Waals surface area contributed by atoms with Crippen molar-refractivity contribution in [2.24, 2.45) is 0 Å². The van der Waals surface area contributed by atoms with Gasteiger partial charge in [-0.1, -0.05) is 17.7 Å². The molecule has 2 rings (SSSR count). The van der Waals surface area contributed by atoms with Gasteiger partial charge < -0.3 is 10.2 Å². The second-order valence-electron chi connectivity index (χ2n) is 4.27. The zero-order chi connectivity index (χ0) is 13.8. The van der Waals surface area contributed by atoms with Crippen LogP contribution < -0.4 is 10.2 Å². The Balaban J connectivity index is 2.15. The van der Waals surface area contributed by atoms with Crippen LogP contribution in [0.4, 0.5) is 11.4 Å². The number of carbonyl (C=O) groups excluding carboxylic acids is 1. The first kappa shape index (κ1) is 13.4. The Morgan fingerprint density at radius 2 is 2.05 bits per heavy atom. The molecule has 0 aliphatic carbocycles. The third-order valence-corrected chi connectivity index (χ3v) is 2.83. The second-order valence-corrected chi connectivity index (χ2v) is 4.66. The van der Waals surface area contributed by atoms with Gasteiger partial charge in [0.05, 0.1) is 11.9 Å². The van der Waals surface area contributed by atoms with Crippen LogP contribution in [0.5, 0.6) is 0 Å². The van der Waals surface area contributed by atoms with Gasteiger partial charge in [0.1, 0.15) is 5.15 Å². The van der Waals surface area contributed by atoms with E-state index in [1.807, 2.05) is 37.2 Å². The Hall–Kier alpha value is -2.07. The van der Waals surface area contributed by atoms with Crippen molar-refractivity contribution in [1.29, 1.82) is 0 Å². The van der Waals surface area contributed by atoms with Gasteiger partial charge in [0, 0.05) is 25.3 Å². The van der Waals surface area contributed by atoms with E-state index < -0.39 is 0 Å². The number of nitrogens with one attached hydrogen (secondary N) is 1. The lowest BCUT2D eigenvalue weighted by Gasteiger charge is -2.13. The van der Waals surface area contributed by atoms with E-state index in [1.165, 1.54) is 6.20 Å². The molecule has 1 aromatic carbocycles. The summed E-state index contributed by atoms with van der Waals surface area (Å²) in [4.78, 5) is 17.9. The number of anilines is 2. The molecule has 19 heavy (non-hydrogen) atoms. The van der Waals surface area contributed by atoms with Gasteiger partial charge >= 0.3 is 0 Å². The minimum atomic E-state index is -0.173. The smallest absolute Gasteiger partial charge is 0.255 e. The molecular weight excluding hydrogens is 262 g/mol. The molecule has 5 heteroatoms. The summed E-state index contributed by atoms with van der Waals surface area (Å²) in [6, 6.07) is 10.7. The number of hydrogen-bond acceptors (Lipinski definition) is 3. The molecule has 0 bridgehead atoms. The third kappa shape index (κ3) is 3.45. The summed E-state index contributed by atoms with van der Waals surface area (Å²) in [5.41, 5.74) is 2.19. The molecule has 0 atom stereocenters. The van der Waals surface area contributed by atoms with Gasteiger partial charge in [0.25, 0.3) is 5.91 Å². The molecule has 2 aromatic rings. The lowest BCUT2D eigenvalue weighted by molar-refractivity contribution is 0.102. The van der Waals surface area contributed by atoms with E-state index in [-0.39, 0.29) is 5.91 Å². The summed E-state index contributed by atoms with van der Waals surface area (Å²) >= 11 is 5.69. The van der Waals surface area contributed by atoms with E-state index in [0.29, 0.717) is 16.4 Å². The number of amides is 1. The maximum atomic E-state index is 12.1. The topological polar surface area (TPSA) is 45.2 Å². The van der Waals surface area contributed by atoms with Crippen LogP contribution in [0.25, 0.3) is 0 Å². The first-order valence-corrected chi connectivity index (χ1v) is 6.14. The van der Waals surface area contributed by atoms with Gasteiger partial charge in [-0.15, -0.1) is 0 Å². The maximum absolute atomic E-state index is 12.1. The SMILES string of the molecule is CN(C)c1cccc(C(=O)Nc2ccc(Cl)nc2)c1. The lowest BCUT2D eigenvalue weighted by Crippen LogP contribution is -2.14. The van der Waals surface area contributed by atoms with Gasteiger partial charge in [-0.3, -0.25) is 4.79 Å². The molecule has 0 radical (unpaired) electrons. The van der Waals surface area contributed by atoms with Crippen LogP contribution in [0.1, 0.15) is 10.4 Å². The highest BCUT2D eigenvalue weighted by Crippen LogP contribution is 2.15. The van der Waals surface area contributed by atoms with E-state index in [0.717, 1.165) is 5.69 Å². The fourth-order valence-electron chi connectivity index (χ4n) is 1.58. The van der Waals surface area contributed by atoms with Crippen LogP contribution >= 0.6 is 11.6 Å². The summed E-state index contributed by atoms with van der Waals surface area (Å²) in [6.07, 6.45) is 1.52. The molecule has 4 nitrogen and oxygen atoms in total. The highest BCUT2D eigenvalue weighted by atomic mass is 35.5. The van der Waals surface area contributed by atoms with Crippen LogP contribution in [-0.4, -0.2) is 25.0 Å². The number of halogens is 1. The van der Waals surface area contributed by atoms with Crippen molar-refractivity contribution >= 4 is 28.9 Å². The van der Waals surface area contributed by atoms with E-state index in [1.54, 1.807) is 18.2 Å². The molecular formula is C14H14ClN3O. The van der Waals surface area contributed by atoms with Gasteiger partial charge in [0.15, 0.2) is 0 Å². The summed E-state index contributed by atoms with van der Waals surface area (Å²) in [5, 5.41) is 3.17. The molecule has 0 aliphatic heterocycles. The first-order valence-electron chi connectivity index (χ1n) is 5.76. The zero-order valence-corrected chi connectivity index (χ0v) is 11.5. The Kier molecular flexibility index (Phi) is 4.02. The third-order valence-electron chi connectivity index (χ3n) is 2.61. The minimum absolute atomic E-state index is 0.173. The molecule has 0 unspecified atom stereocenters. The van der Waals surface area contributed by atoms with Crippen LogP contribution in [0.3, 0.4) is 0 Å². The molecule has 0 saturated heterocycles. The van der Waals surface area contributed by atoms with Gasteiger partial charge in [-0.25, -0.2) is 4.98 Å². The number of hydrogen-bond donors (Lipinski definition) is 1. The second kappa shape index (κ2) is 5.71. The van der Waals surface area contributed by atoms with Crippen LogP contribution in [0.15, 0.2) is 42.6 Å². The van der Waals surface area contributed by atoms with Crippen LogP contribution in [-0.2, 0) is 0 Å². The van der Waals surface area contributed by atoms with Crippen LogP contribution in [0.2, 0.25) is 5.15 Å².